The topological polar surface area (TPSA) is 71.5 Å². The lowest BCUT2D eigenvalue weighted by molar-refractivity contribution is -0.118. The van der Waals surface area contributed by atoms with Crippen molar-refractivity contribution in [2.24, 2.45) is 0 Å². The first-order valence-corrected chi connectivity index (χ1v) is 6.75. The Morgan fingerprint density at radius 2 is 2.25 bits per heavy atom. The minimum atomic E-state index is -0.430. The fourth-order valence-electron chi connectivity index (χ4n) is 1.40. The van der Waals surface area contributed by atoms with Gasteiger partial charge in [-0.25, -0.2) is 4.98 Å². The Balaban J connectivity index is 1.94. The van der Waals surface area contributed by atoms with Crippen molar-refractivity contribution in [2.75, 3.05) is 11.9 Å². The largest absolute Gasteiger partial charge is 0.504 e. The van der Waals surface area contributed by atoms with Gasteiger partial charge in [0.2, 0.25) is 0 Å². The summed E-state index contributed by atoms with van der Waals surface area (Å²) in [6.07, 6.45) is 1.46. The Bertz CT molecular complexity index is 637. The van der Waals surface area contributed by atoms with Gasteiger partial charge in [0.05, 0.1) is 4.47 Å². The summed E-state index contributed by atoms with van der Waals surface area (Å²) in [5.41, 5.74) is 0. The van der Waals surface area contributed by atoms with Crippen LogP contribution in [0.1, 0.15) is 0 Å². The van der Waals surface area contributed by atoms with Gasteiger partial charge in [0.15, 0.2) is 18.2 Å². The molecule has 5 nitrogen and oxygen atoms in total. The van der Waals surface area contributed by atoms with Crippen molar-refractivity contribution in [3.63, 3.8) is 0 Å². The number of carbonyl (C=O) groups excluding carboxylic acids is 1. The van der Waals surface area contributed by atoms with Gasteiger partial charge in [-0.2, -0.15) is 0 Å². The van der Waals surface area contributed by atoms with Crippen LogP contribution in [0, 0.1) is 0 Å². The summed E-state index contributed by atoms with van der Waals surface area (Å²) in [4.78, 5) is 15.5. The molecule has 2 N–H and O–H groups in total. The zero-order valence-electron chi connectivity index (χ0n) is 10.1. The Morgan fingerprint density at radius 3 is 2.95 bits per heavy atom. The number of benzene rings is 1. The van der Waals surface area contributed by atoms with Crippen molar-refractivity contribution in [3.8, 4) is 11.5 Å². The molecule has 1 heterocycles. The van der Waals surface area contributed by atoms with Crippen LogP contribution < -0.4 is 10.1 Å². The number of aromatic nitrogens is 1. The number of aromatic hydroxyl groups is 1. The number of nitrogens with one attached hydrogen (secondary N) is 1. The highest BCUT2D eigenvalue weighted by Gasteiger charge is 2.09. The molecule has 1 amide bonds. The first-order chi connectivity index (χ1) is 9.56. The van der Waals surface area contributed by atoms with E-state index in [9.17, 15) is 9.90 Å². The third kappa shape index (κ3) is 3.85. The third-order valence-corrected chi connectivity index (χ3v) is 3.15. The van der Waals surface area contributed by atoms with Crippen LogP contribution in [0.2, 0.25) is 5.02 Å². The van der Waals surface area contributed by atoms with Crippen LogP contribution in [-0.4, -0.2) is 22.6 Å². The molecule has 7 heteroatoms. The number of anilines is 1. The molecule has 0 aliphatic heterocycles. The molecule has 0 saturated heterocycles. The summed E-state index contributed by atoms with van der Waals surface area (Å²) in [6, 6.07) is 7.97. The van der Waals surface area contributed by atoms with E-state index in [2.05, 4.69) is 26.2 Å². The zero-order valence-corrected chi connectivity index (χ0v) is 12.5. The molecule has 0 aliphatic rings. The molecule has 0 spiro atoms. The van der Waals surface area contributed by atoms with Crippen LogP contribution in [0.15, 0.2) is 41.0 Å². The lowest BCUT2D eigenvalue weighted by atomic mass is 10.3. The van der Waals surface area contributed by atoms with Gasteiger partial charge < -0.3 is 15.2 Å². The predicted molar refractivity (Wildman–Crippen MR) is 79.2 cm³/mol. The molecule has 1 aromatic heterocycles. The van der Waals surface area contributed by atoms with Crippen LogP contribution in [0.25, 0.3) is 0 Å². The number of carbonyl (C=O) groups is 1. The molecule has 2 rings (SSSR count). The number of pyridine rings is 1. The zero-order chi connectivity index (χ0) is 14.5. The number of hydrogen-bond donors (Lipinski definition) is 2. The molecular weight excluding hydrogens is 348 g/mol. The quantitative estimate of drug-likeness (QED) is 0.881. The van der Waals surface area contributed by atoms with Crippen LogP contribution in [0.5, 0.6) is 11.5 Å². The fourth-order valence-corrected chi connectivity index (χ4v) is 2.19. The van der Waals surface area contributed by atoms with Gasteiger partial charge in [-0.3, -0.25) is 4.79 Å². The van der Waals surface area contributed by atoms with Crippen LogP contribution >= 0.6 is 27.5 Å². The smallest absolute Gasteiger partial charge is 0.263 e. The summed E-state index contributed by atoms with van der Waals surface area (Å²) >= 11 is 9.09. The number of halogens is 2. The van der Waals surface area contributed by atoms with E-state index in [4.69, 9.17) is 16.3 Å². The standard InChI is InChI=1S/C13H10BrClN2O3/c14-9-6-8(15)3-4-11(9)20-7-12(19)17-13-10(18)2-1-5-16-13/h1-6,18H,7H2,(H,16,17,19). The maximum Gasteiger partial charge on any atom is 0.263 e. The van der Waals surface area contributed by atoms with Gasteiger partial charge in [0, 0.05) is 11.2 Å². The Labute approximate surface area is 128 Å². The maximum absolute atomic E-state index is 11.7. The van der Waals surface area contributed by atoms with Crippen molar-refractivity contribution in [1.82, 2.24) is 4.98 Å². The molecule has 0 saturated carbocycles. The second kappa shape index (κ2) is 6.58. The second-order valence-electron chi connectivity index (χ2n) is 3.78. The van der Waals surface area contributed by atoms with Crippen molar-refractivity contribution < 1.29 is 14.6 Å². The first kappa shape index (κ1) is 14.6. The SMILES string of the molecule is O=C(COc1ccc(Cl)cc1Br)Nc1ncccc1O. The van der Waals surface area contributed by atoms with Gasteiger partial charge in [0.1, 0.15) is 5.75 Å². The predicted octanol–water partition coefficient (Wildman–Crippen LogP) is 3.22. The lowest BCUT2D eigenvalue weighted by Crippen LogP contribution is -2.20. The molecule has 0 radical (unpaired) electrons. The minimum absolute atomic E-state index is 0.0938. The van der Waals surface area contributed by atoms with Gasteiger partial charge in [-0.1, -0.05) is 11.6 Å². The molecule has 0 fully saturated rings. The van der Waals surface area contributed by atoms with Gasteiger partial charge in [-0.15, -0.1) is 0 Å². The molecule has 0 bridgehead atoms. The molecule has 2 aromatic rings. The van der Waals surface area contributed by atoms with E-state index in [1.54, 1.807) is 24.3 Å². The third-order valence-electron chi connectivity index (χ3n) is 2.30. The van der Waals surface area contributed by atoms with Crippen LogP contribution in [0.3, 0.4) is 0 Å². The normalized spacial score (nSPS) is 10.1. The highest BCUT2D eigenvalue weighted by atomic mass is 79.9. The first-order valence-electron chi connectivity index (χ1n) is 5.58. The molecular formula is C13H10BrClN2O3. The van der Waals surface area contributed by atoms with Crippen molar-refractivity contribution in [3.05, 3.63) is 46.0 Å². The lowest BCUT2D eigenvalue weighted by Gasteiger charge is -2.09. The molecule has 104 valence electrons. The maximum atomic E-state index is 11.7. The summed E-state index contributed by atoms with van der Waals surface area (Å²) in [5.74, 6) is 0.0560. The van der Waals surface area contributed by atoms with E-state index in [0.717, 1.165) is 0 Å². The van der Waals surface area contributed by atoms with E-state index < -0.39 is 5.91 Å². The molecule has 0 atom stereocenters. The molecule has 20 heavy (non-hydrogen) atoms. The summed E-state index contributed by atoms with van der Waals surface area (Å²) in [7, 11) is 0. The van der Waals surface area contributed by atoms with Crippen molar-refractivity contribution >= 4 is 39.3 Å². The van der Waals surface area contributed by atoms with Gasteiger partial charge in [0.25, 0.3) is 5.91 Å². The average molecular weight is 358 g/mol. The van der Waals surface area contributed by atoms with Gasteiger partial charge >= 0.3 is 0 Å². The number of hydrogen-bond acceptors (Lipinski definition) is 4. The summed E-state index contributed by atoms with van der Waals surface area (Å²) in [5, 5.41) is 12.5. The highest BCUT2D eigenvalue weighted by Crippen LogP contribution is 2.28. The minimum Gasteiger partial charge on any atom is -0.504 e. The van der Waals surface area contributed by atoms with Crippen molar-refractivity contribution in [1.29, 1.82) is 0 Å². The van der Waals surface area contributed by atoms with E-state index >= 15 is 0 Å². The molecule has 0 unspecified atom stereocenters. The summed E-state index contributed by atoms with van der Waals surface area (Å²) in [6.45, 7) is -0.212. The number of amides is 1. The number of nitrogens with zero attached hydrogens (tertiary/aromatic N) is 1. The van der Waals surface area contributed by atoms with E-state index in [-0.39, 0.29) is 18.2 Å². The van der Waals surface area contributed by atoms with Crippen LogP contribution in [0.4, 0.5) is 5.82 Å². The van der Waals surface area contributed by atoms with E-state index in [0.29, 0.717) is 15.2 Å². The average Bonchev–Trinajstić information content (AvgIpc) is 2.40. The second-order valence-corrected chi connectivity index (χ2v) is 5.07. The molecule has 1 aromatic carbocycles. The number of rotatable bonds is 4. The van der Waals surface area contributed by atoms with Gasteiger partial charge in [-0.05, 0) is 46.3 Å². The number of ether oxygens (including phenoxy) is 1. The monoisotopic (exact) mass is 356 g/mol. The van der Waals surface area contributed by atoms with Crippen LogP contribution in [-0.2, 0) is 4.79 Å². The molecule has 0 aliphatic carbocycles. The highest BCUT2D eigenvalue weighted by molar-refractivity contribution is 9.10. The Kier molecular flexibility index (Phi) is 4.81. The fraction of sp³-hybridized carbons (Fsp3) is 0.0769. The van der Waals surface area contributed by atoms with E-state index in [1.165, 1.54) is 12.3 Å². The van der Waals surface area contributed by atoms with E-state index in [1.807, 2.05) is 0 Å². The Morgan fingerprint density at radius 1 is 1.45 bits per heavy atom. The Hall–Kier alpha value is -1.79. The van der Waals surface area contributed by atoms with Crippen molar-refractivity contribution in [2.45, 2.75) is 0 Å². The summed E-state index contributed by atoms with van der Waals surface area (Å²) < 4.78 is 5.99.